The van der Waals surface area contributed by atoms with E-state index in [1.54, 1.807) is 0 Å². The van der Waals surface area contributed by atoms with Gasteiger partial charge in [-0.15, -0.1) is 0 Å². The SMILES string of the molecule is CCc1ccc(C(C)NC(=O)CCCN(c2cc(C)cc(C)c2)S(C)(=O)=O)cc1. The third kappa shape index (κ3) is 6.89. The molecular weight excluding hydrogens is 384 g/mol. The van der Waals surface area contributed by atoms with Crippen LogP contribution in [0.15, 0.2) is 42.5 Å². The minimum atomic E-state index is -3.42. The standard InChI is InChI=1S/C23H32N2O3S/c1-6-20-9-11-21(12-10-20)19(4)24-23(26)8-7-13-25(29(5,27)28)22-15-17(2)14-18(3)16-22/h9-12,14-16,19H,6-8,13H2,1-5H3,(H,24,26). The predicted molar refractivity (Wildman–Crippen MR) is 120 cm³/mol. The summed E-state index contributed by atoms with van der Waals surface area (Å²) < 4.78 is 25.9. The summed E-state index contributed by atoms with van der Waals surface area (Å²) in [5.74, 6) is -0.0778. The highest BCUT2D eigenvalue weighted by molar-refractivity contribution is 7.92. The molecule has 0 saturated carbocycles. The van der Waals surface area contributed by atoms with Gasteiger partial charge in [-0.2, -0.15) is 0 Å². The molecular formula is C23H32N2O3S. The highest BCUT2D eigenvalue weighted by atomic mass is 32.2. The number of nitrogens with zero attached hydrogens (tertiary/aromatic N) is 1. The zero-order valence-corrected chi connectivity index (χ0v) is 18.8. The van der Waals surface area contributed by atoms with Crippen LogP contribution in [-0.4, -0.2) is 27.1 Å². The van der Waals surface area contributed by atoms with Gasteiger partial charge in [-0.05, 0) is 68.0 Å². The van der Waals surface area contributed by atoms with E-state index in [1.807, 2.05) is 51.1 Å². The zero-order valence-electron chi connectivity index (χ0n) is 18.0. The van der Waals surface area contributed by atoms with Crippen LogP contribution in [0.3, 0.4) is 0 Å². The minimum absolute atomic E-state index is 0.0778. The van der Waals surface area contributed by atoms with Crippen molar-refractivity contribution in [2.75, 3.05) is 17.1 Å². The predicted octanol–water partition coefficient (Wildman–Crippen LogP) is 4.29. The molecule has 0 heterocycles. The minimum Gasteiger partial charge on any atom is -0.350 e. The van der Waals surface area contributed by atoms with Crippen molar-refractivity contribution in [1.82, 2.24) is 5.32 Å². The van der Waals surface area contributed by atoms with E-state index in [9.17, 15) is 13.2 Å². The molecule has 1 amide bonds. The smallest absolute Gasteiger partial charge is 0.232 e. The normalized spacial score (nSPS) is 12.4. The van der Waals surface area contributed by atoms with Crippen LogP contribution in [0, 0.1) is 13.8 Å². The van der Waals surface area contributed by atoms with Crippen molar-refractivity contribution in [1.29, 1.82) is 0 Å². The van der Waals surface area contributed by atoms with E-state index in [4.69, 9.17) is 0 Å². The molecule has 1 atom stereocenters. The molecule has 0 radical (unpaired) electrons. The highest BCUT2D eigenvalue weighted by Crippen LogP contribution is 2.22. The number of aryl methyl sites for hydroxylation is 3. The molecule has 0 aliphatic heterocycles. The summed E-state index contributed by atoms with van der Waals surface area (Å²) in [7, 11) is -3.42. The first kappa shape index (κ1) is 22.9. The average molecular weight is 417 g/mol. The Balaban J connectivity index is 1.95. The van der Waals surface area contributed by atoms with Crippen LogP contribution in [0.2, 0.25) is 0 Å². The zero-order chi connectivity index (χ0) is 21.6. The largest absolute Gasteiger partial charge is 0.350 e. The second kappa shape index (κ2) is 9.92. The first-order valence-electron chi connectivity index (χ1n) is 10.0. The Hall–Kier alpha value is -2.34. The maximum Gasteiger partial charge on any atom is 0.232 e. The Morgan fingerprint density at radius 2 is 1.66 bits per heavy atom. The fourth-order valence-corrected chi connectivity index (χ4v) is 4.35. The lowest BCUT2D eigenvalue weighted by atomic mass is 10.0. The van der Waals surface area contributed by atoms with Crippen molar-refractivity contribution in [3.05, 3.63) is 64.7 Å². The maximum absolute atomic E-state index is 12.3. The second-order valence-corrected chi connectivity index (χ2v) is 9.58. The number of hydrogen-bond donors (Lipinski definition) is 1. The maximum atomic E-state index is 12.3. The van der Waals surface area contributed by atoms with Crippen molar-refractivity contribution in [2.45, 2.75) is 53.0 Å². The van der Waals surface area contributed by atoms with Gasteiger partial charge >= 0.3 is 0 Å². The van der Waals surface area contributed by atoms with Crippen LogP contribution in [0.5, 0.6) is 0 Å². The van der Waals surface area contributed by atoms with Crippen molar-refractivity contribution in [3.8, 4) is 0 Å². The number of sulfonamides is 1. The van der Waals surface area contributed by atoms with E-state index in [0.717, 1.165) is 23.1 Å². The molecule has 0 spiro atoms. The lowest BCUT2D eigenvalue weighted by Gasteiger charge is -2.23. The molecule has 0 aromatic heterocycles. The first-order valence-corrected chi connectivity index (χ1v) is 11.9. The molecule has 6 heteroatoms. The molecule has 0 saturated heterocycles. The van der Waals surface area contributed by atoms with Crippen molar-refractivity contribution < 1.29 is 13.2 Å². The summed E-state index contributed by atoms with van der Waals surface area (Å²) in [5, 5.41) is 3.00. The fourth-order valence-electron chi connectivity index (χ4n) is 3.40. The molecule has 5 nitrogen and oxygen atoms in total. The van der Waals surface area contributed by atoms with Gasteiger partial charge in [0.25, 0.3) is 0 Å². The summed E-state index contributed by atoms with van der Waals surface area (Å²) in [6, 6.07) is 13.9. The molecule has 0 aliphatic carbocycles. The van der Waals surface area contributed by atoms with Crippen LogP contribution < -0.4 is 9.62 Å². The van der Waals surface area contributed by atoms with Crippen LogP contribution in [-0.2, 0) is 21.2 Å². The number of anilines is 1. The fraction of sp³-hybridized carbons (Fsp3) is 0.435. The Kier molecular flexibility index (Phi) is 7.85. The number of carbonyl (C=O) groups excluding carboxylic acids is 1. The van der Waals surface area contributed by atoms with Gasteiger partial charge in [-0.1, -0.05) is 37.3 Å². The van der Waals surface area contributed by atoms with E-state index in [-0.39, 0.29) is 24.9 Å². The Morgan fingerprint density at radius 1 is 1.07 bits per heavy atom. The van der Waals surface area contributed by atoms with Gasteiger partial charge in [-0.3, -0.25) is 9.10 Å². The van der Waals surface area contributed by atoms with Crippen LogP contribution in [0.4, 0.5) is 5.69 Å². The van der Waals surface area contributed by atoms with Gasteiger partial charge in [0.05, 0.1) is 18.0 Å². The van der Waals surface area contributed by atoms with Crippen LogP contribution in [0.1, 0.15) is 55.0 Å². The Labute approximate surface area is 175 Å². The van der Waals surface area contributed by atoms with Crippen molar-refractivity contribution in [2.24, 2.45) is 0 Å². The number of carbonyl (C=O) groups is 1. The van der Waals surface area contributed by atoms with Gasteiger partial charge in [0.15, 0.2) is 0 Å². The highest BCUT2D eigenvalue weighted by Gasteiger charge is 2.18. The number of rotatable bonds is 9. The summed E-state index contributed by atoms with van der Waals surface area (Å²) in [6.07, 6.45) is 2.91. The number of amides is 1. The van der Waals surface area contributed by atoms with Gasteiger partial charge in [0, 0.05) is 13.0 Å². The molecule has 2 aromatic carbocycles. The van der Waals surface area contributed by atoms with Gasteiger partial charge in [0.2, 0.25) is 15.9 Å². The Morgan fingerprint density at radius 3 is 2.17 bits per heavy atom. The number of benzene rings is 2. The number of nitrogens with one attached hydrogen (secondary N) is 1. The van der Waals surface area contributed by atoms with E-state index in [0.29, 0.717) is 12.1 Å². The van der Waals surface area contributed by atoms with Gasteiger partial charge < -0.3 is 5.32 Å². The lowest BCUT2D eigenvalue weighted by Crippen LogP contribution is -2.32. The molecule has 158 valence electrons. The summed E-state index contributed by atoms with van der Waals surface area (Å²) in [6.45, 7) is 8.22. The number of hydrogen-bond acceptors (Lipinski definition) is 3. The summed E-state index contributed by atoms with van der Waals surface area (Å²) in [5.41, 5.74) is 4.99. The Bertz CT molecular complexity index is 917. The summed E-state index contributed by atoms with van der Waals surface area (Å²) in [4.78, 5) is 12.3. The molecule has 1 unspecified atom stereocenters. The van der Waals surface area contributed by atoms with Crippen LogP contribution >= 0.6 is 0 Å². The topological polar surface area (TPSA) is 66.5 Å². The molecule has 0 aliphatic rings. The third-order valence-electron chi connectivity index (χ3n) is 4.93. The third-order valence-corrected chi connectivity index (χ3v) is 6.12. The van der Waals surface area contributed by atoms with Gasteiger partial charge in [-0.25, -0.2) is 8.42 Å². The molecule has 1 N–H and O–H groups in total. The van der Waals surface area contributed by atoms with E-state index in [1.165, 1.54) is 16.1 Å². The second-order valence-electron chi connectivity index (χ2n) is 7.67. The van der Waals surface area contributed by atoms with E-state index < -0.39 is 10.0 Å². The molecule has 2 rings (SSSR count). The van der Waals surface area contributed by atoms with Gasteiger partial charge in [0.1, 0.15) is 0 Å². The van der Waals surface area contributed by atoms with Crippen molar-refractivity contribution >= 4 is 21.6 Å². The molecule has 2 aromatic rings. The van der Waals surface area contributed by atoms with E-state index in [2.05, 4.69) is 24.4 Å². The molecule has 0 fully saturated rings. The molecule has 0 bridgehead atoms. The average Bonchev–Trinajstić information content (AvgIpc) is 2.63. The summed E-state index contributed by atoms with van der Waals surface area (Å²) >= 11 is 0. The van der Waals surface area contributed by atoms with E-state index >= 15 is 0 Å². The van der Waals surface area contributed by atoms with Crippen molar-refractivity contribution in [3.63, 3.8) is 0 Å². The first-order chi connectivity index (χ1) is 13.6. The van der Waals surface area contributed by atoms with Crippen LogP contribution in [0.25, 0.3) is 0 Å². The monoisotopic (exact) mass is 416 g/mol. The quantitative estimate of drug-likeness (QED) is 0.663. The molecule has 29 heavy (non-hydrogen) atoms. The lowest BCUT2D eigenvalue weighted by molar-refractivity contribution is -0.121.